The van der Waals surface area contributed by atoms with E-state index in [0.717, 1.165) is 5.56 Å². The van der Waals surface area contributed by atoms with E-state index in [-0.39, 0.29) is 5.91 Å². The third kappa shape index (κ3) is 1.60. The molecule has 90 valence electrons. The van der Waals surface area contributed by atoms with E-state index in [4.69, 9.17) is 0 Å². The number of hydrogen-bond acceptors (Lipinski definition) is 2. The molecule has 0 radical (unpaired) electrons. The van der Waals surface area contributed by atoms with E-state index in [1.165, 1.54) is 6.92 Å². The van der Waals surface area contributed by atoms with Gasteiger partial charge in [0.25, 0.3) is 0 Å². The van der Waals surface area contributed by atoms with Crippen molar-refractivity contribution in [2.24, 2.45) is 0 Å². The Hall–Kier alpha value is -1.84. The number of aliphatic carboxylic acids is 1. The molecule has 4 heteroatoms. The van der Waals surface area contributed by atoms with Gasteiger partial charge in [-0.25, -0.2) is 4.79 Å². The SMILES string of the molecule is CC(=O)N[C@@]1(C(=O)O)C[C@]1(C)c1ccccc1. The molecule has 1 saturated carbocycles. The molecular weight excluding hydrogens is 218 g/mol. The Morgan fingerprint density at radius 2 is 1.88 bits per heavy atom. The highest BCUT2D eigenvalue weighted by Gasteiger charge is 2.71. The highest BCUT2D eigenvalue weighted by Crippen LogP contribution is 2.57. The number of benzene rings is 1. The minimum atomic E-state index is -1.15. The van der Waals surface area contributed by atoms with Crippen LogP contribution < -0.4 is 5.32 Å². The molecular formula is C13H15NO3. The highest BCUT2D eigenvalue weighted by atomic mass is 16.4. The molecule has 0 spiro atoms. The van der Waals surface area contributed by atoms with E-state index in [0.29, 0.717) is 6.42 Å². The maximum Gasteiger partial charge on any atom is 0.330 e. The molecule has 2 atom stereocenters. The van der Waals surface area contributed by atoms with Crippen molar-refractivity contribution in [2.45, 2.75) is 31.2 Å². The summed E-state index contributed by atoms with van der Waals surface area (Å²) in [6.07, 6.45) is 0.429. The number of carboxylic acid groups (broad SMARTS) is 1. The van der Waals surface area contributed by atoms with Crippen molar-refractivity contribution in [1.82, 2.24) is 5.32 Å². The zero-order valence-corrected chi connectivity index (χ0v) is 9.86. The maximum atomic E-state index is 11.4. The van der Waals surface area contributed by atoms with Crippen LogP contribution in [0.5, 0.6) is 0 Å². The van der Waals surface area contributed by atoms with Crippen molar-refractivity contribution in [3.8, 4) is 0 Å². The fourth-order valence-electron chi connectivity index (χ4n) is 2.49. The van der Waals surface area contributed by atoms with Crippen LogP contribution in [0.3, 0.4) is 0 Å². The number of carboxylic acids is 1. The van der Waals surface area contributed by atoms with E-state index in [9.17, 15) is 14.7 Å². The minimum Gasteiger partial charge on any atom is -0.479 e. The molecule has 4 nitrogen and oxygen atoms in total. The molecule has 2 rings (SSSR count). The summed E-state index contributed by atoms with van der Waals surface area (Å²) in [5.41, 5.74) is -0.734. The van der Waals surface area contributed by atoms with Crippen molar-refractivity contribution >= 4 is 11.9 Å². The van der Waals surface area contributed by atoms with E-state index >= 15 is 0 Å². The van der Waals surface area contributed by atoms with Crippen LogP contribution in [-0.4, -0.2) is 22.5 Å². The van der Waals surface area contributed by atoms with E-state index < -0.39 is 16.9 Å². The van der Waals surface area contributed by atoms with Gasteiger partial charge in [-0.15, -0.1) is 0 Å². The van der Waals surface area contributed by atoms with Crippen molar-refractivity contribution < 1.29 is 14.7 Å². The van der Waals surface area contributed by atoms with Crippen molar-refractivity contribution in [2.75, 3.05) is 0 Å². The van der Waals surface area contributed by atoms with Gasteiger partial charge in [-0.05, 0) is 12.0 Å². The van der Waals surface area contributed by atoms with Crippen molar-refractivity contribution in [3.63, 3.8) is 0 Å². The first-order valence-electron chi connectivity index (χ1n) is 5.50. The third-order valence-corrected chi connectivity index (χ3v) is 3.60. The number of carbonyl (C=O) groups excluding carboxylic acids is 1. The van der Waals surface area contributed by atoms with Gasteiger partial charge in [-0.3, -0.25) is 4.79 Å². The van der Waals surface area contributed by atoms with Crippen LogP contribution in [0.2, 0.25) is 0 Å². The zero-order valence-electron chi connectivity index (χ0n) is 9.86. The van der Waals surface area contributed by atoms with E-state index in [1.54, 1.807) is 0 Å². The van der Waals surface area contributed by atoms with Crippen LogP contribution in [0.1, 0.15) is 25.8 Å². The molecule has 2 N–H and O–H groups in total. The van der Waals surface area contributed by atoms with Crippen LogP contribution in [0.15, 0.2) is 30.3 Å². The Morgan fingerprint density at radius 3 is 2.35 bits per heavy atom. The predicted molar refractivity (Wildman–Crippen MR) is 62.6 cm³/mol. The van der Waals surface area contributed by atoms with Gasteiger partial charge in [-0.2, -0.15) is 0 Å². The fraction of sp³-hybridized carbons (Fsp3) is 0.385. The van der Waals surface area contributed by atoms with Crippen LogP contribution in [-0.2, 0) is 15.0 Å². The first-order valence-corrected chi connectivity index (χ1v) is 5.50. The normalized spacial score (nSPS) is 30.7. The lowest BCUT2D eigenvalue weighted by Crippen LogP contribution is -2.47. The monoisotopic (exact) mass is 233 g/mol. The molecule has 0 bridgehead atoms. The number of carbonyl (C=O) groups is 2. The smallest absolute Gasteiger partial charge is 0.330 e. The minimum absolute atomic E-state index is 0.313. The Morgan fingerprint density at radius 1 is 1.29 bits per heavy atom. The molecule has 1 aliphatic carbocycles. The Bertz CT molecular complexity index is 471. The molecule has 1 aliphatic rings. The molecule has 0 aromatic heterocycles. The first-order chi connectivity index (χ1) is 7.92. The van der Waals surface area contributed by atoms with Gasteiger partial charge in [-0.1, -0.05) is 37.3 Å². The Labute approximate surface area is 99.6 Å². The number of rotatable bonds is 3. The summed E-state index contributed by atoms with van der Waals surface area (Å²) in [7, 11) is 0. The molecule has 17 heavy (non-hydrogen) atoms. The van der Waals surface area contributed by atoms with Gasteiger partial charge >= 0.3 is 5.97 Å². The highest BCUT2D eigenvalue weighted by molar-refractivity contribution is 5.92. The Balaban J connectivity index is 2.36. The van der Waals surface area contributed by atoms with Gasteiger partial charge < -0.3 is 10.4 Å². The lowest BCUT2D eigenvalue weighted by molar-refractivity contribution is -0.143. The summed E-state index contributed by atoms with van der Waals surface area (Å²) < 4.78 is 0. The lowest BCUT2D eigenvalue weighted by Gasteiger charge is -2.20. The quantitative estimate of drug-likeness (QED) is 0.827. The summed E-state index contributed by atoms with van der Waals surface area (Å²) in [4.78, 5) is 22.5. The Kier molecular flexibility index (Phi) is 2.45. The van der Waals surface area contributed by atoms with E-state index in [1.807, 2.05) is 37.3 Å². The predicted octanol–water partition coefficient (Wildman–Crippen LogP) is 1.31. The van der Waals surface area contributed by atoms with Gasteiger partial charge in [0, 0.05) is 12.3 Å². The van der Waals surface area contributed by atoms with Crippen LogP contribution >= 0.6 is 0 Å². The molecule has 1 aromatic rings. The first kappa shape index (κ1) is 11.6. The van der Waals surface area contributed by atoms with Crippen LogP contribution in [0.4, 0.5) is 0 Å². The lowest BCUT2D eigenvalue weighted by atomic mass is 9.92. The largest absolute Gasteiger partial charge is 0.479 e. The maximum absolute atomic E-state index is 11.4. The average Bonchev–Trinajstić information content (AvgIpc) is 2.87. The van der Waals surface area contributed by atoms with Gasteiger partial charge in [0.15, 0.2) is 0 Å². The third-order valence-electron chi connectivity index (χ3n) is 3.60. The molecule has 1 aromatic carbocycles. The van der Waals surface area contributed by atoms with Crippen molar-refractivity contribution in [1.29, 1.82) is 0 Å². The molecule has 0 aliphatic heterocycles. The fourth-order valence-corrected chi connectivity index (χ4v) is 2.49. The molecule has 0 saturated heterocycles. The van der Waals surface area contributed by atoms with Gasteiger partial charge in [0.1, 0.15) is 5.54 Å². The number of amides is 1. The van der Waals surface area contributed by atoms with E-state index in [2.05, 4.69) is 5.32 Å². The second-order valence-corrected chi connectivity index (χ2v) is 4.77. The summed E-state index contributed by atoms with van der Waals surface area (Å²) in [5, 5.41) is 11.9. The summed E-state index contributed by atoms with van der Waals surface area (Å²) in [5.74, 6) is -1.29. The second kappa shape index (κ2) is 3.58. The van der Waals surface area contributed by atoms with Crippen LogP contribution in [0.25, 0.3) is 0 Å². The molecule has 1 fully saturated rings. The standard InChI is InChI=1S/C13H15NO3/c1-9(15)14-13(11(16)17)8-12(13,2)10-6-4-3-5-7-10/h3-7H,8H2,1-2H3,(H,14,15)(H,16,17)/t12-,13-/m1/s1. The van der Waals surface area contributed by atoms with Crippen molar-refractivity contribution in [3.05, 3.63) is 35.9 Å². The summed E-state index contributed by atoms with van der Waals surface area (Å²) >= 11 is 0. The molecule has 1 amide bonds. The zero-order chi connectivity index (χ0) is 12.7. The van der Waals surface area contributed by atoms with Gasteiger partial charge in [0.2, 0.25) is 5.91 Å². The van der Waals surface area contributed by atoms with Gasteiger partial charge in [0.05, 0.1) is 0 Å². The van der Waals surface area contributed by atoms with Crippen LogP contribution in [0, 0.1) is 0 Å². The average molecular weight is 233 g/mol. The second-order valence-electron chi connectivity index (χ2n) is 4.77. The molecule has 0 heterocycles. The molecule has 0 unspecified atom stereocenters. The summed E-state index contributed by atoms with van der Waals surface area (Å²) in [6.45, 7) is 3.21. The number of hydrogen-bond donors (Lipinski definition) is 2. The topological polar surface area (TPSA) is 66.4 Å². The summed E-state index contributed by atoms with van der Waals surface area (Å²) in [6, 6.07) is 9.42. The number of nitrogens with one attached hydrogen (secondary N) is 1.